The van der Waals surface area contributed by atoms with Gasteiger partial charge >= 0.3 is 0 Å². The average Bonchev–Trinajstić information content (AvgIpc) is 3.31. The first kappa shape index (κ1) is 23.1. The van der Waals surface area contributed by atoms with Crippen LogP contribution in [0.1, 0.15) is 5.56 Å². The molecule has 2 heterocycles. The van der Waals surface area contributed by atoms with Crippen molar-refractivity contribution in [3.8, 4) is 28.5 Å². The summed E-state index contributed by atoms with van der Waals surface area (Å²) in [5, 5.41) is 15.1. The molecule has 8 nitrogen and oxygen atoms in total. The molecule has 1 unspecified atom stereocenters. The van der Waals surface area contributed by atoms with Crippen LogP contribution in [0.15, 0.2) is 54.7 Å². The van der Waals surface area contributed by atoms with Crippen molar-refractivity contribution in [1.82, 2.24) is 14.7 Å². The van der Waals surface area contributed by atoms with Gasteiger partial charge < -0.3 is 24.1 Å². The van der Waals surface area contributed by atoms with Crippen LogP contribution >= 0.6 is 0 Å². The fourth-order valence-corrected chi connectivity index (χ4v) is 3.80. The Kier molecular flexibility index (Phi) is 7.83. The molecule has 0 aliphatic carbocycles. The molecule has 0 amide bonds. The molecule has 1 atom stereocenters. The number of ether oxygens (including phenoxy) is 4. The number of morpholine rings is 1. The van der Waals surface area contributed by atoms with E-state index in [1.54, 1.807) is 18.9 Å². The fourth-order valence-electron chi connectivity index (χ4n) is 3.80. The van der Waals surface area contributed by atoms with Crippen molar-refractivity contribution in [2.45, 2.75) is 19.3 Å². The lowest BCUT2D eigenvalue weighted by atomic mass is 10.1. The molecular weight excluding hydrogens is 422 g/mol. The number of methoxy groups -OCH3 is 2. The van der Waals surface area contributed by atoms with Crippen LogP contribution in [0.4, 0.5) is 0 Å². The molecule has 0 saturated carbocycles. The zero-order valence-electron chi connectivity index (χ0n) is 19.1. The molecule has 4 rings (SSSR count). The Morgan fingerprint density at radius 1 is 0.970 bits per heavy atom. The normalized spacial score (nSPS) is 15.2. The third-order valence-corrected chi connectivity index (χ3v) is 5.62. The van der Waals surface area contributed by atoms with E-state index >= 15 is 0 Å². The van der Waals surface area contributed by atoms with Gasteiger partial charge in [0, 0.05) is 31.4 Å². The van der Waals surface area contributed by atoms with Gasteiger partial charge in [-0.1, -0.05) is 12.1 Å². The number of aliphatic hydroxyl groups excluding tert-OH is 1. The topological polar surface area (TPSA) is 78.2 Å². The van der Waals surface area contributed by atoms with Gasteiger partial charge in [0.25, 0.3) is 0 Å². The van der Waals surface area contributed by atoms with Crippen LogP contribution in [0, 0.1) is 0 Å². The summed E-state index contributed by atoms with van der Waals surface area (Å²) in [7, 11) is 3.27. The van der Waals surface area contributed by atoms with Gasteiger partial charge in [0.1, 0.15) is 12.4 Å². The molecule has 0 spiro atoms. The molecule has 1 aromatic heterocycles. The van der Waals surface area contributed by atoms with Crippen LogP contribution in [-0.4, -0.2) is 73.0 Å². The van der Waals surface area contributed by atoms with Gasteiger partial charge in [-0.2, -0.15) is 5.10 Å². The molecule has 0 bridgehead atoms. The molecule has 2 aromatic carbocycles. The summed E-state index contributed by atoms with van der Waals surface area (Å²) in [6.45, 7) is 4.61. The number of hydrogen-bond donors (Lipinski definition) is 1. The van der Waals surface area contributed by atoms with Crippen LogP contribution in [0.2, 0.25) is 0 Å². The minimum Gasteiger partial charge on any atom is -0.497 e. The molecule has 1 N–H and O–H groups in total. The highest BCUT2D eigenvalue weighted by Gasteiger charge is 2.16. The Balaban J connectivity index is 1.40. The fraction of sp³-hybridized carbons (Fsp3) is 0.400. The molecule has 0 radical (unpaired) electrons. The highest BCUT2D eigenvalue weighted by atomic mass is 16.5. The van der Waals surface area contributed by atoms with Crippen molar-refractivity contribution in [2.24, 2.45) is 0 Å². The highest BCUT2D eigenvalue weighted by Crippen LogP contribution is 2.32. The number of hydrogen-bond acceptors (Lipinski definition) is 7. The summed E-state index contributed by atoms with van der Waals surface area (Å²) in [5.74, 6) is 2.12. The summed E-state index contributed by atoms with van der Waals surface area (Å²) in [6, 6.07) is 15.5. The lowest BCUT2D eigenvalue weighted by Gasteiger charge is -2.28. The molecular formula is C25H31N3O5. The summed E-state index contributed by atoms with van der Waals surface area (Å²) in [5.41, 5.74) is 2.76. The van der Waals surface area contributed by atoms with Gasteiger partial charge in [0.05, 0.1) is 45.8 Å². The zero-order valence-corrected chi connectivity index (χ0v) is 19.1. The van der Waals surface area contributed by atoms with E-state index in [2.05, 4.69) is 10.00 Å². The Morgan fingerprint density at radius 2 is 1.76 bits per heavy atom. The zero-order chi connectivity index (χ0) is 23.0. The van der Waals surface area contributed by atoms with E-state index in [0.717, 1.165) is 48.9 Å². The van der Waals surface area contributed by atoms with Crippen molar-refractivity contribution in [3.63, 3.8) is 0 Å². The number of aliphatic hydroxyl groups is 1. The number of β-amino-alcohol motifs (C(OH)–C–C–N with tert-alkyl or cyclic N) is 1. The van der Waals surface area contributed by atoms with Gasteiger partial charge in [0.2, 0.25) is 0 Å². The molecule has 8 heteroatoms. The molecule has 1 saturated heterocycles. The molecule has 1 aliphatic heterocycles. The van der Waals surface area contributed by atoms with Crippen LogP contribution in [0.25, 0.3) is 11.3 Å². The van der Waals surface area contributed by atoms with E-state index in [1.807, 2.05) is 54.7 Å². The van der Waals surface area contributed by atoms with Gasteiger partial charge in [-0.25, -0.2) is 0 Å². The van der Waals surface area contributed by atoms with Crippen LogP contribution < -0.4 is 14.2 Å². The van der Waals surface area contributed by atoms with Crippen molar-refractivity contribution < 1.29 is 24.1 Å². The molecule has 176 valence electrons. The van der Waals surface area contributed by atoms with E-state index in [9.17, 15) is 5.11 Å². The Morgan fingerprint density at radius 3 is 2.48 bits per heavy atom. The number of aromatic nitrogens is 2. The van der Waals surface area contributed by atoms with E-state index < -0.39 is 6.10 Å². The minimum atomic E-state index is -0.491. The largest absolute Gasteiger partial charge is 0.497 e. The number of nitrogens with zero attached hydrogens (tertiary/aromatic N) is 3. The molecule has 3 aromatic rings. The van der Waals surface area contributed by atoms with E-state index in [0.29, 0.717) is 31.2 Å². The Hall–Kier alpha value is -3.07. The summed E-state index contributed by atoms with van der Waals surface area (Å²) < 4.78 is 23.9. The predicted molar refractivity (Wildman–Crippen MR) is 125 cm³/mol. The van der Waals surface area contributed by atoms with E-state index in [1.165, 1.54) is 0 Å². The lowest BCUT2D eigenvalue weighted by molar-refractivity contribution is 0.0108. The van der Waals surface area contributed by atoms with E-state index in [-0.39, 0.29) is 0 Å². The Labute approximate surface area is 194 Å². The number of benzene rings is 2. The van der Waals surface area contributed by atoms with Gasteiger partial charge in [-0.3, -0.25) is 9.58 Å². The van der Waals surface area contributed by atoms with Gasteiger partial charge in [-0.05, 0) is 42.0 Å². The van der Waals surface area contributed by atoms with Crippen molar-refractivity contribution in [2.75, 3.05) is 47.1 Å². The third kappa shape index (κ3) is 6.25. The summed E-state index contributed by atoms with van der Waals surface area (Å²) in [4.78, 5) is 2.22. The van der Waals surface area contributed by atoms with Crippen molar-refractivity contribution >= 4 is 0 Å². The number of rotatable bonds is 10. The summed E-state index contributed by atoms with van der Waals surface area (Å²) >= 11 is 0. The standard InChI is InChI=1S/C25H31N3O5/c1-30-22-6-3-19(4-7-22)18-33-25-15-20(5-8-24(25)31-2)23-9-10-28(26-23)17-21(29)16-27-11-13-32-14-12-27/h3-10,15,21,29H,11-14,16-18H2,1-2H3. The average molecular weight is 454 g/mol. The SMILES string of the molecule is COc1ccc(COc2cc(-c3ccn(CC(O)CN4CCOCC4)n3)ccc2OC)cc1. The first-order valence-corrected chi connectivity index (χ1v) is 11.1. The van der Waals surface area contributed by atoms with Crippen LogP contribution in [-0.2, 0) is 17.9 Å². The third-order valence-electron chi connectivity index (χ3n) is 5.62. The maximum Gasteiger partial charge on any atom is 0.162 e. The molecule has 33 heavy (non-hydrogen) atoms. The quantitative estimate of drug-likeness (QED) is 0.506. The lowest BCUT2D eigenvalue weighted by Crippen LogP contribution is -2.42. The van der Waals surface area contributed by atoms with Gasteiger partial charge in [-0.15, -0.1) is 0 Å². The van der Waals surface area contributed by atoms with E-state index in [4.69, 9.17) is 18.9 Å². The minimum absolute atomic E-state index is 0.409. The summed E-state index contributed by atoms with van der Waals surface area (Å²) in [6.07, 6.45) is 1.40. The smallest absolute Gasteiger partial charge is 0.162 e. The second kappa shape index (κ2) is 11.2. The second-order valence-corrected chi connectivity index (χ2v) is 7.99. The molecule has 1 aliphatic rings. The first-order valence-electron chi connectivity index (χ1n) is 11.1. The Bertz CT molecular complexity index is 1020. The monoisotopic (exact) mass is 453 g/mol. The maximum absolute atomic E-state index is 10.5. The highest BCUT2D eigenvalue weighted by molar-refractivity contribution is 5.63. The maximum atomic E-state index is 10.5. The first-order chi connectivity index (χ1) is 16.1. The molecule has 1 fully saturated rings. The van der Waals surface area contributed by atoms with Crippen molar-refractivity contribution in [3.05, 3.63) is 60.3 Å². The predicted octanol–water partition coefficient (Wildman–Crippen LogP) is 2.84. The van der Waals surface area contributed by atoms with Gasteiger partial charge in [0.15, 0.2) is 11.5 Å². The van der Waals surface area contributed by atoms with Crippen LogP contribution in [0.5, 0.6) is 17.2 Å². The van der Waals surface area contributed by atoms with Crippen molar-refractivity contribution in [1.29, 1.82) is 0 Å². The second-order valence-electron chi connectivity index (χ2n) is 7.99. The van der Waals surface area contributed by atoms with Crippen LogP contribution in [0.3, 0.4) is 0 Å².